The molecule has 1 aromatic rings. The van der Waals surface area contributed by atoms with Gasteiger partial charge in [0.1, 0.15) is 4.90 Å². The molecular formula is C13H17ClN2O2S. The van der Waals surface area contributed by atoms with Gasteiger partial charge in [0.2, 0.25) is 10.0 Å². The standard InChI is InChI=1S/C13H17ClN2O2S/c1-9-3-2-4-12(13(9)14)19(17,18)16-7-10-5-15-6-11(10)8-16/h2-4,10-11,15H,5-8H2,1H3/t10-,11+. The monoisotopic (exact) mass is 300 g/mol. The maximum absolute atomic E-state index is 12.7. The molecule has 4 nitrogen and oxygen atoms in total. The first-order valence-electron chi connectivity index (χ1n) is 6.46. The van der Waals surface area contributed by atoms with Crippen LogP contribution < -0.4 is 5.32 Å². The van der Waals surface area contributed by atoms with Crippen molar-refractivity contribution in [2.24, 2.45) is 11.8 Å². The van der Waals surface area contributed by atoms with Gasteiger partial charge in [0, 0.05) is 13.1 Å². The van der Waals surface area contributed by atoms with Crippen LogP contribution in [0.5, 0.6) is 0 Å². The lowest BCUT2D eigenvalue weighted by atomic mass is 10.0. The van der Waals surface area contributed by atoms with Crippen molar-refractivity contribution in [3.8, 4) is 0 Å². The zero-order valence-electron chi connectivity index (χ0n) is 10.8. The van der Waals surface area contributed by atoms with Crippen molar-refractivity contribution in [1.29, 1.82) is 0 Å². The van der Waals surface area contributed by atoms with Gasteiger partial charge < -0.3 is 5.32 Å². The second-order valence-electron chi connectivity index (χ2n) is 5.39. The maximum Gasteiger partial charge on any atom is 0.244 e. The van der Waals surface area contributed by atoms with Gasteiger partial charge in [-0.05, 0) is 43.5 Å². The Morgan fingerprint density at radius 3 is 2.53 bits per heavy atom. The highest BCUT2D eigenvalue weighted by Crippen LogP contribution is 2.33. The zero-order chi connectivity index (χ0) is 13.6. The summed E-state index contributed by atoms with van der Waals surface area (Å²) in [6.45, 7) is 4.86. The van der Waals surface area contributed by atoms with E-state index in [2.05, 4.69) is 5.32 Å². The molecule has 6 heteroatoms. The average Bonchev–Trinajstić information content (AvgIpc) is 2.92. The van der Waals surface area contributed by atoms with Crippen molar-refractivity contribution in [1.82, 2.24) is 9.62 Å². The van der Waals surface area contributed by atoms with Gasteiger partial charge in [0.15, 0.2) is 0 Å². The van der Waals surface area contributed by atoms with Crippen LogP contribution in [0.1, 0.15) is 5.56 Å². The Bertz CT molecular complexity index is 591. The number of fused-ring (bicyclic) bond motifs is 1. The Balaban J connectivity index is 1.93. The van der Waals surface area contributed by atoms with Crippen LogP contribution in [0.15, 0.2) is 23.1 Å². The van der Waals surface area contributed by atoms with Crippen molar-refractivity contribution in [2.75, 3.05) is 26.2 Å². The van der Waals surface area contributed by atoms with Gasteiger partial charge in [-0.2, -0.15) is 4.31 Å². The molecule has 0 radical (unpaired) electrons. The third-order valence-corrected chi connectivity index (χ3v) is 6.62. The molecule has 0 aliphatic carbocycles. The van der Waals surface area contributed by atoms with E-state index < -0.39 is 10.0 Å². The minimum absolute atomic E-state index is 0.238. The fourth-order valence-corrected chi connectivity index (χ4v) is 5.08. The van der Waals surface area contributed by atoms with Crippen LogP contribution in [0.2, 0.25) is 5.02 Å². The van der Waals surface area contributed by atoms with Crippen LogP contribution in [0.4, 0.5) is 0 Å². The molecule has 19 heavy (non-hydrogen) atoms. The molecule has 2 aliphatic heterocycles. The third kappa shape index (κ3) is 2.18. The smallest absolute Gasteiger partial charge is 0.244 e. The molecule has 0 amide bonds. The Morgan fingerprint density at radius 2 is 1.89 bits per heavy atom. The maximum atomic E-state index is 12.7. The SMILES string of the molecule is Cc1cccc(S(=O)(=O)N2C[C@H]3CNC[C@H]3C2)c1Cl. The summed E-state index contributed by atoms with van der Waals surface area (Å²) in [7, 11) is -3.46. The van der Waals surface area contributed by atoms with Crippen LogP contribution in [-0.2, 0) is 10.0 Å². The highest BCUT2D eigenvalue weighted by atomic mass is 35.5. The van der Waals surface area contributed by atoms with Crippen LogP contribution in [0.3, 0.4) is 0 Å². The summed E-state index contributed by atoms with van der Waals surface area (Å²) < 4.78 is 26.9. The number of benzene rings is 1. The summed E-state index contributed by atoms with van der Waals surface area (Å²) in [6.07, 6.45) is 0. The van der Waals surface area contributed by atoms with Gasteiger partial charge in [-0.1, -0.05) is 23.7 Å². The summed E-state index contributed by atoms with van der Waals surface area (Å²) in [5.41, 5.74) is 0.795. The number of halogens is 1. The van der Waals surface area contributed by atoms with Crippen LogP contribution >= 0.6 is 11.6 Å². The van der Waals surface area contributed by atoms with E-state index >= 15 is 0 Å². The van der Waals surface area contributed by atoms with Crippen molar-refractivity contribution >= 4 is 21.6 Å². The molecule has 1 N–H and O–H groups in total. The second kappa shape index (κ2) is 4.74. The normalized spacial score (nSPS) is 27.7. The molecule has 2 heterocycles. The Labute approximate surface area is 118 Å². The summed E-state index contributed by atoms with van der Waals surface area (Å²) in [5.74, 6) is 0.886. The lowest BCUT2D eigenvalue weighted by Gasteiger charge is -2.18. The minimum atomic E-state index is -3.46. The number of nitrogens with zero attached hydrogens (tertiary/aromatic N) is 1. The largest absolute Gasteiger partial charge is 0.316 e. The number of aryl methyl sites for hydroxylation is 1. The molecule has 2 aliphatic rings. The summed E-state index contributed by atoms with van der Waals surface area (Å²) in [5, 5.41) is 3.65. The molecule has 0 bridgehead atoms. The Hall–Kier alpha value is -0.620. The molecule has 104 valence electrons. The number of hydrogen-bond donors (Lipinski definition) is 1. The predicted octanol–water partition coefficient (Wildman–Crippen LogP) is 1.49. The van der Waals surface area contributed by atoms with Gasteiger partial charge in [0.05, 0.1) is 5.02 Å². The molecule has 0 spiro atoms. The topological polar surface area (TPSA) is 49.4 Å². The van der Waals surface area contributed by atoms with E-state index in [1.54, 1.807) is 16.4 Å². The van der Waals surface area contributed by atoms with E-state index in [4.69, 9.17) is 11.6 Å². The van der Waals surface area contributed by atoms with Gasteiger partial charge >= 0.3 is 0 Å². The molecule has 2 saturated heterocycles. The molecule has 0 unspecified atom stereocenters. The van der Waals surface area contributed by atoms with Crippen LogP contribution in [0, 0.1) is 18.8 Å². The Kier molecular flexibility index (Phi) is 3.33. The van der Waals surface area contributed by atoms with Crippen molar-refractivity contribution < 1.29 is 8.42 Å². The zero-order valence-corrected chi connectivity index (χ0v) is 12.3. The first-order chi connectivity index (χ1) is 9.00. The fraction of sp³-hybridized carbons (Fsp3) is 0.538. The molecule has 3 rings (SSSR count). The molecule has 1 aromatic carbocycles. The lowest BCUT2D eigenvalue weighted by Crippen LogP contribution is -2.32. The predicted molar refractivity (Wildman–Crippen MR) is 74.8 cm³/mol. The summed E-state index contributed by atoms with van der Waals surface area (Å²) >= 11 is 6.16. The molecule has 0 saturated carbocycles. The summed E-state index contributed by atoms with van der Waals surface area (Å²) in [6, 6.07) is 5.16. The highest BCUT2D eigenvalue weighted by molar-refractivity contribution is 7.89. The van der Waals surface area contributed by atoms with E-state index in [1.807, 2.05) is 13.0 Å². The second-order valence-corrected chi connectivity index (χ2v) is 7.67. The van der Waals surface area contributed by atoms with Crippen LogP contribution in [-0.4, -0.2) is 38.9 Å². The van der Waals surface area contributed by atoms with E-state index in [-0.39, 0.29) is 4.90 Å². The quantitative estimate of drug-likeness (QED) is 0.900. The molecule has 0 aromatic heterocycles. The summed E-state index contributed by atoms with van der Waals surface area (Å²) in [4.78, 5) is 0.238. The van der Waals surface area contributed by atoms with E-state index in [9.17, 15) is 8.42 Å². The number of sulfonamides is 1. The minimum Gasteiger partial charge on any atom is -0.316 e. The fourth-order valence-electron chi connectivity index (χ4n) is 2.97. The number of hydrogen-bond acceptors (Lipinski definition) is 3. The first-order valence-corrected chi connectivity index (χ1v) is 8.28. The van der Waals surface area contributed by atoms with Gasteiger partial charge in [0.25, 0.3) is 0 Å². The van der Waals surface area contributed by atoms with Gasteiger partial charge in [-0.3, -0.25) is 0 Å². The highest BCUT2D eigenvalue weighted by Gasteiger charge is 2.42. The molecule has 2 fully saturated rings. The Morgan fingerprint density at radius 1 is 1.26 bits per heavy atom. The van der Waals surface area contributed by atoms with Crippen LogP contribution in [0.25, 0.3) is 0 Å². The van der Waals surface area contributed by atoms with E-state index in [1.165, 1.54) is 0 Å². The third-order valence-electron chi connectivity index (χ3n) is 4.13. The average molecular weight is 301 g/mol. The first kappa shape index (κ1) is 13.4. The van der Waals surface area contributed by atoms with E-state index in [0.29, 0.717) is 29.9 Å². The van der Waals surface area contributed by atoms with Crippen molar-refractivity contribution in [3.05, 3.63) is 28.8 Å². The molecule has 2 atom stereocenters. The van der Waals surface area contributed by atoms with Crippen molar-refractivity contribution in [2.45, 2.75) is 11.8 Å². The molecular weight excluding hydrogens is 284 g/mol. The van der Waals surface area contributed by atoms with Crippen molar-refractivity contribution in [3.63, 3.8) is 0 Å². The lowest BCUT2D eigenvalue weighted by molar-refractivity contribution is 0.448. The number of rotatable bonds is 2. The van der Waals surface area contributed by atoms with Gasteiger partial charge in [-0.25, -0.2) is 8.42 Å². The van der Waals surface area contributed by atoms with E-state index in [0.717, 1.165) is 18.7 Å². The number of nitrogens with one attached hydrogen (secondary N) is 1. The van der Waals surface area contributed by atoms with Gasteiger partial charge in [-0.15, -0.1) is 0 Å².